The molecule has 0 fully saturated rings. The molecule has 21 heavy (non-hydrogen) atoms. The number of anilines is 1. The van der Waals surface area contributed by atoms with Gasteiger partial charge in [0.15, 0.2) is 5.13 Å². The zero-order valence-corrected chi connectivity index (χ0v) is 13.8. The summed E-state index contributed by atoms with van der Waals surface area (Å²) in [7, 11) is 2.05. The molecule has 3 rings (SSSR count). The van der Waals surface area contributed by atoms with E-state index in [9.17, 15) is 5.11 Å². The van der Waals surface area contributed by atoms with Crippen LogP contribution in [0.15, 0.2) is 24.3 Å². The van der Waals surface area contributed by atoms with Gasteiger partial charge in [0, 0.05) is 12.1 Å². The number of aromatic nitrogens is 1. The second-order valence-corrected chi connectivity index (χ2v) is 7.00. The maximum absolute atomic E-state index is 10.1. The normalized spacial score (nSPS) is 19.1. The topological polar surface area (TPSA) is 36.4 Å². The number of aryl methyl sites for hydroxylation is 1. The molecular weight excluding hydrogens is 304 g/mol. The van der Waals surface area contributed by atoms with E-state index in [-0.39, 0.29) is 12.1 Å². The van der Waals surface area contributed by atoms with E-state index in [4.69, 9.17) is 16.6 Å². The monoisotopic (exact) mass is 322 g/mol. The van der Waals surface area contributed by atoms with Crippen LogP contribution in [0.2, 0.25) is 5.02 Å². The highest BCUT2D eigenvalue weighted by atomic mass is 35.5. The van der Waals surface area contributed by atoms with Crippen LogP contribution in [0, 0.1) is 0 Å². The number of rotatable bonds is 3. The van der Waals surface area contributed by atoms with Crippen LogP contribution in [-0.2, 0) is 6.42 Å². The second kappa shape index (κ2) is 5.95. The van der Waals surface area contributed by atoms with Gasteiger partial charge in [0.25, 0.3) is 0 Å². The van der Waals surface area contributed by atoms with Crippen molar-refractivity contribution in [1.82, 2.24) is 4.98 Å². The molecule has 2 aromatic rings. The van der Waals surface area contributed by atoms with Gasteiger partial charge in [-0.05, 0) is 43.9 Å². The van der Waals surface area contributed by atoms with E-state index in [2.05, 4.69) is 18.9 Å². The van der Waals surface area contributed by atoms with Gasteiger partial charge in [0.1, 0.15) is 0 Å². The molecule has 1 aliphatic carbocycles. The zero-order valence-electron chi connectivity index (χ0n) is 12.2. The van der Waals surface area contributed by atoms with Crippen LogP contribution in [0.25, 0.3) is 0 Å². The molecule has 0 amide bonds. The Kier molecular flexibility index (Phi) is 4.20. The summed E-state index contributed by atoms with van der Waals surface area (Å²) >= 11 is 7.56. The average Bonchev–Trinajstić information content (AvgIpc) is 2.92. The van der Waals surface area contributed by atoms with E-state index >= 15 is 0 Å². The first-order valence-electron chi connectivity index (χ1n) is 7.22. The number of fused-ring (bicyclic) bond motifs is 1. The molecule has 0 saturated carbocycles. The average molecular weight is 323 g/mol. The molecule has 5 heteroatoms. The summed E-state index contributed by atoms with van der Waals surface area (Å²) in [5.74, 6) is 0. The third-order valence-electron chi connectivity index (χ3n) is 4.15. The van der Waals surface area contributed by atoms with Crippen molar-refractivity contribution in [1.29, 1.82) is 0 Å². The van der Waals surface area contributed by atoms with Gasteiger partial charge in [-0.25, -0.2) is 4.98 Å². The van der Waals surface area contributed by atoms with Crippen LogP contribution in [0.3, 0.4) is 0 Å². The summed E-state index contributed by atoms with van der Waals surface area (Å²) in [6, 6.07) is 8.14. The predicted octanol–water partition coefficient (Wildman–Crippen LogP) is 4.36. The van der Waals surface area contributed by atoms with Crippen LogP contribution in [0.4, 0.5) is 5.13 Å². The molecule has 0 radical (unpaired) electrons. The summed E-state index contributed by atoms with van der Waals surface area (Å²) in [4.78, 5) is 7.94. The molecule has 112 valence electrons. The fourth-order valence-electron chi connectivity index (χ4n) is 2.67. The minimum atomic E-state index is -0.334. The standard InChI is InChI=1S/C16H19ClN2OS/c1-10(11-6-8-12(17)9-7-11)19(2)16-18-13-4-3-5-14(20)15(13)21-16/h6-10,14,20H,3-5H2,1-2H3. The summed E-state index contributed by atoms with van der Waals surface area (Å²) < 4.78 is 0. The Labute approximate surface area is 134 Å². The van der Waals surface area contributed by atoms with Crippen molar-refractivity contribution in [2.24, 2.45) is 0 Å². The Morgan fingerprint density at radius 1 is 1.38 bits per heavy atom. The molecule has 2 unspecified atom stereocenters. The number of halogens is 1. The van der Waals surface area contributed by atoms with E-state index in [0.717, 1.165) is 40.0 Å². The zero-order chi connectivity index (χ0) is 15.0. The summed E-state index contributed by atoms with van der Waals surface area (Å²) in [6.07, 6.45) is 2.52. The van der Waals surface area contributed by atoms with Crippen molar-refractivity contribution in [3.05, 3.63) is 45.4 Å². The van der Waals surface area contributed by atoms with Crippen molar-refractivity contribution in [3.63, 3.8) is 0 Å². The van der Waals surface area contributed by atoms with Crippen LogP contribution in [0.5, 0.6) is 0 Å². The van der Waals surface area contributed by atoms with E-state index in [0.29, 0.717) is 0 Å². The molecule has 0 bridgehead atoms. The number of benzene rings is 1. The lowest BCUT2D eigenvalue weighted by molar-refractivity contribution is 0.160. The molecule has 1 aromatic heterocycles. The molecular formula is C16H19ClN2OS. The lowest BCUT2D eigenvalue weighted by Crippen LogP contribution is -2.21. The number of hydrogen-bond donors (Lipinski definition) is 1. The van der Waals surface area contributed by atoms with Crippen molar-refractivity contribution in [2.75, 3.05) is 11.9 Å². The Balaban J connectivity index is 1.84. The molecule has 0 saturated heterocycles. The smallest absolute Gasteiger partial charge is 0.186 e. The highest BCUT2D eigenvalue weighted by Gasteiger charge is 2.25. The molecule has 1 aromatic carbocycles. The fourth-order valence-corrected chi connectivity index (χ4v) is 3.97. The van der Waals surface area contributed by atoms with Gasteiger partial charge in [-0.2, -0.15) is 0 Å². The number of thiazole rings is 1. The summed E-state index contributed by atoms with van der Waals surface area (Å²) in [6.45, 7) is 2.15. The Morgan fingerprint density at radius 3 is 2.76 bits per heavy atom. The molecule has 1 heterocycles. The van der Waals surface area contributed by atoms with Crippen molar-refractivity contribution in [2.45, 2.75) is 38.3 Å². The van der Waals surface area contributed by atoms with Gasteiger partial charge in [0.2, 0.25) is 0 Å². The molecule has 2 atom stereocenters. The SMILES string of the molecule is CC(c1ccc(Cl)cc1)N(C)c1nc2c(s1)C(O)CCC2. The van der Waals surface area contributed by atoms with Crippen LogP contribution >= 0.6 is 22.9 Å². The van der Waals surface area contributed by atoms with Gasteiger partial charge in [-0.1, -0.05) is 35.1 Å². The number of aliphatic hydroxyl groups is 1. The first-order chi connectivity index (χ1) is 10.1. The lowest BCUT2D eigenvalue weighted by atomic mass is 10.0. The van der Waals surface area contributed by atoms with Gasteiger partial charge < -0.3 is 10.0 Å². The predicted molar refractivity (Wildman–Crippen MR) is 88.3 cm³/mol. The van der Waals surface area contributed by atoms with E-state index in [1.54, 1.807) is 11.3 Å². The minimum Gasteiger partial charge on any atom is -0.388 e. The lowest BCUT2D eigenvalue weighted by Gasteiger charge is -2.24. The third kappa shape index (κ3) is 2.93. The quantitative estimate of drug-likeness (QED) is 0.912. The molecule has 0 spiro atoms. The number of hydrogen-bond acceptors (Lipinski definition) is 4. The number of aliphatic hydroxyl groups excluding tert-OH is 1. The minimum absolute atomic E-state index is 0.215. The first kappa shape index (κ1) is 14.8. The largest absolute Gasteiger partial charge is 0.388 e. The molecule has 0 aliphatic heterocycles. The van der Waals surface area contributed by atoms with E-state index in [1.165, 1.54) is 5.56 Å². The maximum Gasteiger partial charge on any atom is 0.186 e. The van der Waals surface area contributed by atoms with Gasteiger partial charge in [0.05, 0.1) is 22.7 Å². The van der Waals surface area contributed by atoms with Crippen molar-refractivity contribution >= 4 is 28.1 Å². The van der Waals surface area contributed by atoms with Gasteiger partial charge >= 0.3 is 0 Å². The van der Waals surface area contributed by atoms with E-state index in [1.807, 2.05) is 24.3 Å². The van der Waals surface area contributed by atoms with Gasteiger partial charge in [-0.15, -0.1) is 0 Å². The van der Waals surface area contributed by atoms with Crippen molar-refractivity contribution in [3.8, 4) is 0 Å². The summed E-state index contributed by atoms with van der Waals surface area (Å²) in [5, 5.41) is 11.8. The van der Waals surface area contributed by atoms with Crippen LogP contribution < -0.4 is 4.90 Å². The van der Waals surface area contributed by atoms with E-state index < -0.39 is 0 Å². The Hall–Kier alpha value is -1.10. The summed E-state index contributed by atoms with van der Waals surface area (Å²) in [5.41, 5.74) is 2.28. The molecule has 3 nitrogen and oxygen atoms in total. The maximum atomic E-state index is 10.1. The molecule has 1 N–H and O–H groups in total. The number of nitrogens with zero attached hydrogens (tertiary/aromatic N) is 2. The highest BCUT2D eigenvalue weighted by molar-refractivity contribution is 7.15. The molecule has 1 aliphatic rings. The Morgan fingerprint density at radius 2 is 2.10 bits per heavy atom. The fraction of sp³-hybridized carbons (Fsp3) is 0.438. The third-order valence-corrected chi connectivity index (χ3v) is 5.69. The Bertz CT molecular complexity index is 626. The first-order valence-corrected chi connectivity index (χ1v) is 8.41. The van der Waals surface area contributed by atoms with Gasteiger partial charge in [-0.3, -0.25) is 0 Å². The highest BCUT2D eigenvalue weighted by Crippen LogP contribution is 2.39. The second-order valence-electron chi connectivity index (χ2n) is 5.55. The van der Waals surface area contributed by atoms with Crippen LogP contribution in [-0.4, -0.2) is 17.1 Å². The van der Waals surface area contributed by atoms with Crippen molar-refractivity contribution < 1.29 is 5.11 Å². The van der Waals surface area contributed by atoms with Crippen LogP contribution in [0.1, 0.15) is 48.0 Å².